The molecule has 2 saturated carbocycles. The minimum Gasteiger partial charge on any atom is -0.389 e. The van der Waals surface area contributed by atoms with Crippen LogP contribution in [0.4, 0.5) is 0 Å². The molecule has 2 fully saturated rings. The highest BCUT2D eigenvalue weighted by atomic mass is 16.3. The Morgan fingerprint density at radius 2 is 2.06 bits per heavy atom. The lowest BCUT2D eigenvalue weighted by molar-refractivity contribution is -0.0125. The van der Waals surface area contributed by atoms with Gasteiger partial charge in [0.05, 0.1) is 5.60 Å². The van der Waals surface area contributed by atoms with E-state index in [4.69, 9.17) is 0 Å². The number of aryl methyl sites for hydroxylation is 2. The predicted octanol–water partition coefficient (Wildman–Crippen LogP) is 3.40. The minimum absolute atomic E-state index is 0.398. The highest BCUT2D eigenvalue weighted by Crippen LogP contribution is 2.51. The molecule has 92 valence electrons. The van der Waals surface area contributed by atoms with Gasteiger partial charge in [0.15, 0.2) is 0 Å². The first kappa shape index (κ1) is 11.3. The predicted molar refractivity (Wildman–Crippen MR) is 70.0 cm³/mol. The fraction of sp³-hybridized carbons (Fsp3) is 0.625. The van der Waals surface area contributed by atoms with Crippen LogP contribution < -0.4 is 0 Å². The quantitative estimate of drug-likeness (QED) is 0.825. The molecule has 3 atom stereocenters. The van der Waals surface area contributed by atoms with Crippen molar-refractivity contribution in [2.75, 3.05) is 0 Å². The Labute approximate surface area is 104 Å². The van der Waals surface area contributed by atoms with Crippen LogP contribution >= 0.6 is 0 Å². The van der Waals surface area contributed by atoms with E-state index < -0.39 is 5.60 Å². The molecule has 1 heteroatoms. The first-order valence-corrected chi connectivity index (χ1v) is 6.85. The van der Waals surface area contributed by atoms with Gasteiger partial charge in [0.2, 0.25) is 0 Å². The standard InChI is InChI=1S/C16H22O/c1-11-3-4-13(7-12(11)2)9-16(17)10-14-5-6-15(16)8-14/h3-4,7,14-15,17H,5-6,8-10H2,1-2H3. The van der Waals surface area contributed by atoms with Gasteiger partial charge in [-0.1, -0.05) is 18.2 Å². The van der Waals surface area contributed by atoms with Crippen LogP contribution in [-0.2, 0) is 6.42 Å². The molecule has 2 bridgehead atoms. The van der Waals surface area contributed by atoms with Crippen molar-refractivity contribution in [2.24, 2.45) is 11.8 Å². The number of hydrogen-bond acceptors (Lipinski definition) is 1. The molecule has 2 aliphatic carbocycles. The van der Waals surface area contributed by atoms with Crippen molar-refractivity contribution in [1.82, 2.24) is 0 Å². The fourth-order valence-corrected chi connectivity index (χ4v) is 3.90. The summed E-state index contributed by atoms with van der Waals surface area (Å²) in [6.45, 7) is 4.30. The molecular weight excluding hydrogens is 208 g/mol. The Morgan fingerprint density at radius 1 is 1.24 bits per heavy atom. The zero-order chi connectivity index (χ0) is 12.0. The van der Waals surface area contributed by atoms with Crippen LogP contribution in [0.2, 0.25) is 0 Å². The molecule has 1 aromatic carbocycles. The molecule has 3 rings (SSSR count). The largest absolute Gasteiger partial charge is 0.389 e. The SMILES string of the molecule is Cc1ccc(CC2(O)CC3CCC2C3)cc1C. The molecule has 1 nitrogen and oxygen atoms in total. The molecule has 0 amide bonds. The summed E-state index contributed by atoms with van der Waals surface area (Å²) in [7, 11) is 0. The van der Waals surface area contributed by atoms with Gasteiger partial charge >= 0.3 is 0 Å². The number of rotatable bonds is 2. The number of benzene rings is 1. The van der Waals surface area contributed by atoms with Crippen LogP contribution in [0.1, 0.15) is 42.4 Å². The third-order valence-corrected chi connectivity index (χ3v) is 5.02. The Morgan fingerprint density at radius 3 is 2.65 bits per heavy atom. The van der Waals surface area contributed by atoms with Gasteiger partial charge in [0, 0.05) is 6.42 Å². The maximum Gasteiger partial charge on any atom is 0.0718 e. The van der Waals surface area contributed by atoms with Crippen molar-refractivity contribution in [2.45, 2.75) is 51.6 Å². The lowest BCUT2D eigenvalue weighted by Crippen LogP contribution is -2.37. The van der Waals surface area contributed by atoms with Gasteiger partial charge in [-0.2, -0.15) is 0 Å². The summed E-state index contributed by atoms with van der Waals surface area (Å²) in [5.41, 5.74) is 3.59. The molecule has 1 N–H and O–H groups in total. The first-order chi connectivity index (χ1) is 8.07. The summed E-state index contributed by atoms with van der Waals surface area (Å²) in [6, 6.07) is 6.62. The maximum absolute atomic E-state index is 10.8. The van der Waals surface area contributed by atoms with E-state index in [0.29, 0.717) is 5.92 Å². The molecule has 1 aromatic rings. The Balaban J connectivity index is 1.80. The highest BCUT2D eigenvalue weighted by molar-refractivity contribution is 5.31. The van der Waals surface area contributed by atoms with Gasteiger partial charge in [-0.15, -0.1) is 0 Å². The van der Waals surface area contributed by atoms with E-state index in [1.54, 1.807) is 0 Å². The summed E-state index contributed by atoms with van der Waals surface area (Å²) >= 11 is 0. The molecule has 0 heterocycles. The summed E-state index contributed by atoms with van der Waals surface area (Å²) < 4.78 is 0. The molecule has 0 saturated heterocycles. The minimum atomic E-state index is -0.398. The first-order valence-electron chi connectivity index (χ1n) is 6.85. The van der Waals surface area contributed by atoms with Crippen LogP contribution in [0.25, 0.3) is 0 Å². The van der Waals surface area contributed by atoms with Gasteiger partial charge in [-0.3, -0.25) is 0 Å². The van der Waals surface area contributed by atoms with Gasteiger partial charge in [-0.25, -0.2) is 0 Å². The summed E-state index contributed by atoms with van der Waals surface area (Å²) in [4.78, 5) is 0. The summed E-state index contributed by atoms with van der Waals surface area (Å²) in [6.07, 6.45) is 5.74. The van der Waals surface area contributed by atoms with E-state index in [1.165, 1.54) is 36.0 Å². The topological polar surface area (TPSA) is 20.2 Å². The average molecular weight is 230 g/mol. The monoisotopic (exact) mass is 230 g/mol. The van der Waals surface area contributed by atoms with E-state index in [9.17, 15) is 5.11 Å². The van der Waals surface area contributed by atoms with Crippen molar-refractivity contribution in [3.8, 4) is 0 Å². The van der Waals surface area contributed by atoms with E-state index in [-0.39, 0.29) is 0 Å². The smallest absolute Gasteiger partial charge is 0.0718 e. The molecule has 0 aliphatic heterocycles. The van der Waals surface area contributed by atoms with Crippen LogP contribution in [0.3, 0.4) is 0 Å². The van der Waals surface area contributed by atoms with Gasteiger partial charge in [-0.05, 0) is 68.1 Å². The molecule has 0 radical (unpaired) electrons. The lowest BCUT2D eigenvalue weighted by atomic mass is 9.79. The van der Waals surface area contributed by atoms with Gasteiger partial charge < -0.3 is 5.11 Å². The summed E-state index contributed by atoms with van der Waals surface area (Å²) in [5, 5.41) is 10.8. The normalized spacial score (nSPS) is 35.5. The van der Waals surface area contributed by atoms with Crippen molar-refractivity contribution in [3.63, 3.8) is 0 Å². The Bertz CT molecular complexity index is 437. The van der Waals surface area contributed by atoms with E-state index in [1.807, 2.05) is 0 Å². The maximum atomic E-state index is 10.8. The van der Waals surface area contributed by atoms with E-state index >= 15 is 0 Å². The van der Waals surface area contributed by atoms with Gasteiger partial charge in [0.25, 0.3) is 0 Å². The van der Waals surface area contributed by atoms with Crippen molar-refractivity contribution in [1.29, 1.82) is 0 Å². The number of hydrogen-bond donors (Lipinski definition) is 1. The zero-order valence-electron chi connectivity index (χ0n) is 10.9. The average Bonchev–Trinajstić information content (AvgIpc) is 2.83. The molecule has 0 spiro atoms. The second-order valence-corrected chi connectivity index (χ2v) is 6.28. The van der Waals surface area contributed by atoms with Gasteiger partial charge in [0.1, 0.15) is 0 Å². The highest BCUT2D eigenvalue weighted by Gasteiger charge is 2.49. The molecule has 3 unspecified atom stereocenters. The van der Waals surface area contributed by atoms with E-state index in [0.717, 1.165) is 18.8 Å². The van der Waals surface area contributed by atoms with Crippen LogP contribution in [-0.4, -0.2) is 10.7 Å². The van der Waals surface area contributed by atoms with Crippen LogP contribution in [0, 0.1) is 25.7 Å². The number of fused-ring (bicyclic) bond motifs is 2. The number of aliphatic hydroxyl groups is 1. The lowest BCUT2D eigenvalue weighted by Gasteiger charge is -2.32. The fourth-order valence-electron chi connectivity index (χ4n) is 3.90. The molecular formula is C16H22O. The van der Waals surface area contributed by atoms with Crippen molar-refractivity contribution in [3.05, 3.63) is 34.9 Å². The third kappa shape index (κ3) is 1.91. The molecule has 2 aliphatic rings. The van der Waals surface area contributed by atoms with Crippen molar-refractivity contribution >= 4 is 0 Å². The van der Waals surface area contributed by atoms with Crippen molar-refractivity contribution < 1.29 is 5.11 Å². The molecule has 17 heavy (non-hydrogen) atoms. The van der Waals surface area contributed by atoms with E-state index in [2.05, 4.69) is 32.0 Å². The second kappa shape index (κ2) is 3.84. The Kier molecular flexibility index (Phi) is 2.55. The Hall–Kier alpha value is -0.820. The second-order valence-electron chi connectivity index (χ2n) is 6.28. The third-order valence-electron chi connectivity index (χ3n) is 5.02. The van der Waals surface area contributed by atoms with Crippen LogP contribution in [0.5, 0.6) is 0 Å². The molecule has 0 aromatic heterocycles. The van der Waals surface area contributed by atoms with Crippen LogP contribution in [0.15, 0.2) is 18.2 Å². The summed E-state index contributed by atoms with van der Waals surface area (Å²) in [5.74, 6) is 1.37. The zero-order valence-corrected chi connectivity index (χ0v) is 10.9.